The van der Waals surface area contributed by atoms with Gasteiger partial charge in [-0.3, -0.25) is 4.79 Å². The van der Waals surface area contributed by atoms with Crippen LogP contribution in [0.15, 0.2) is 36.5 Å². The van der Waals surface area contributed by atoms with E-state index in [1.807, 2.05) is 55.1 Å². The molecule has 3 N–H and O–H groups in total. The number of benzene rings is 1. The third kappa shape index (κ3) is 2.28. The van der Waals surface area contributed by atoms with Gasteiger partial charge in [-0.25, -0.2) is 0 Å². The molecule has 0 unspecified atom stereocenters. The van der Waals surface area contributed by atoms with Crippen molar-refractivity contribution >= 4 is 38.0 Å². The lowest BCUT2D eigenvalue weighted by Crippen LogP contribution is -2.15. The number of nitrogens with one attached hydrogen (secondary N) is 1. The molecule has 0 aliphatic carbocycles. The largest absolute Gasteiger partial charge is 0.391 e. The third-order valence-corrected chi connectivity index (χ3v) is 4.11. The minimum Gasteiger partial charge on any atom is -0.391 e. The van der Waals surface area contributed by atoms with Gasteiger partial charge in [-0.2, -0.15) is 0 Å². The maximum atomic E-state index is 12.2. The van der Waals surface area contributed by atoms with Crippen molar-refractivity contribution in [3.8, 4) is 0 Å². The van der Waals surface area contributed by atoms with Gasteiger partial charge in [-0.05, 0) is 48.2 Å². The second kappa shape index (κ2) is 4.68. The molecule has 0 saturated heterocycles. The third-order valence-electron chi connectivity index (χ3n) is 3.17. The molecule has 3 rings (SSSR count). The minimum absolute atomic E-state index is 0.108. The van der Waals surface area contributed by atoms with Crippen molar-refractivity contribution in [1.82, 2.24) is 4.57 Å². The molecule has 0 aliphatic heterocycles. The van der Waals surface area contributed by atoms with E-state index in [1.54, 1.807) is 11.3 Å². The minimum atomic E-state index is -0.108. The Morgan fingerprint density at radius 3 is 2.80 bits per heavy atom. The van der Waals surface area contributed by atoms with Crippen molar-refractivity contribution in [3.63, 3.8) is 0 Å². The van der Waals surface area contributed by atoms with Gasteiger partial charge in [0.1, 0.15) is 5.69 Å². The Bertz CT molecular complexity index is 801. The van der Waals surface area contributed by atoms with Crippen LogP contribution in [0.25, 0.3) is 10.1 Å². The van der Waals surface area contributed by atoms with Crippen molar-refractivity contribution in [2.24, 2.45) is 7.05 Å². The molecule has 2 aromatic heterocycles. The van der Waals surface area contributed by atoms with Gasteiger partial charge < -0.3 is 15.6 Å². The monoisotopic (exact) mass is 285 g/mol. The van der Waals surface area contributed by atoms with Gasteiger partial charge >= 0.3 is 0 Å². The standard InChI is InChI=1S/C15H15N3OS/c1-9-5-12(18(2)8-9)15(19)17-11-3-4-13-10(6-11)7-14(16)20-13/h3-8H,16H2,1-2H3,(H,17,19). The second-order valence-corrected chi connectivity index (χ2v) is 5.98. The summed E-state index contributed by atoms with van der Waals surface area (Å²) in [6, 6.07) is 9.60. The smallest absolute Gasteiger partial charge is 0.272 e. The average Bonchev–Trinajstić information content (AvgIpc) is 2.90. The molecule has 0 aliphatic rings. The van der Waals surface area contributed by atoms with Gasteiger partial charge in [0.25, 0.3) is 5.91 Å². The first-order chi connectivity index (χ1) is 9.52. The Morgan fingerprint density at radius 1 is 1.30 bits per heavy atom. The Morgan fingerprint density at radius 2 is 2.10 bits per heavy atom. The number of nitrogens with two attached hydrogens (primary N) is 1. The number of aryl methyl sites for hydroxylation is 2. The van der Waals surface area contributed by atoms with Crippen LogP contribution in [0.3, 0.4) is 0 Å². The van der Waals surface area contributed by atoms with Gasteiger partial charge in [0, 0.05) is 23.6 Å². The molecule has 4 nitrogen and oxygen atoms in total. The molecule has 0 radical (unpaired) electrons. The number of nitrogen functional groups attached to an aromatic ring is 1. The Labute approximate surface area is 120 Å². The fourth-order valence-corrected chi connectivity index (χ4v) is 3.10. The number of thiophene rings is 1. The molecular weight excluding hydrogens is 270 g/mol. The lowest BCUT2D eigenvalue weighted by Gasteiger charge is -2.06. The maximum Gasteiger partial charge on any atom is 0.272 e. The summed E-state index contributed by atoms with van der Waals surface area (Å²) in [6.07, 6.45) is 1.93. The van der Waals surface area contributed by atoms with Crippen molar-refractivity contribution < 1.29 is 4.79 Å². The van der Waals surface area contributed by atoms with E-state index in [9.17, 15) is 4.79 Å². The maximum absolute atomic E-state index is 12.2. The number of nitrogens with zero attached hydrogens (tertiary/aromatic N) is 1. The lowest BCUT2D eigenvalue weighted by molar-refractivity contribution is 0.101. The van der Waals surface area contributed by atoms with Crippen LogP contribution in [-0.4, -0.2) is 10.5 Å². The molecule has 0 bridgehead atoms. The van der Waals surface area contributed by atoms with Crippen LogP contribution in [-0.2, 0) is 7.05 Å². The van der Waals surface area contributed by atoms with Crippen LogP contribution in [0.1, 0.15) is 16.1 Å². The zero-order valence-electron chi connectivity index (χ0n) is 11.3. The van der Waals surface area contributed by atoms with Crippen LogP contribution in [0, 0.1) is 6.92 Å². The fourth-order valence-electron chi connectivity index (χ4n) is 2.29. The molecule has 0 saturated carbocycles. The van der Waals surface area contributed by atoms with E-state index in [2.05, 4.69) is 5.32 Å². The highest BCUT2D eigenvalue weighted by Gasteiger charge is 2.11. The summed E-state index contributed by atoms with van der Waals surface area (Å²) in [6.45, 7) is 1.97. The predicted molar refractivity (Wildman–Crippen MR) is 84.3 cm³/mol. The zero-order valence-corrected chi connectivity index (χ0v) is 12.1. The summed E-state index contributed by atoms with van der Waals surface area (Å²) in [5.41, 5.74) is 8.27. The van der Waals surface area contributed by atoms with Gasteiger partial charge in [0.2, 0.25) is 0 Å². The van der Waals surface area contributed by atoms with Crippen LogP contribution in [0.2, 0.25) is 0 Å². The number of carbonyl (C=O) groups excluding carboxylic acids is 1. The molecule has 0 fully saturated rings. The van der Waals surface area contributed by atoms with Crippen molar-refractivity contribution in [1.29, 1.82) is 0 Å². The molecule has 0 atom stereocenters. The van der Waals surface area contributed by atoms with Crippen molar-refractivity contribution in [2.45, 2.75) is 6.92 Å². The molecular formula is C15H15N3OS. The van der Waals surface area contributed by atoms with Crippen molar-refractivity contribution in [3.05, 3.63) is 47.8 Å². The summed E-state index contributed by atoms with van der Waals surface area (Å²) in [5, 5.41) is 4.75. The molecule has 20 heavy (non-hydrogen) atoms. The fraction of sp³-hybridized carbons (Fsp3) is 0.133. The molecule has 1 aromatic carbocycles. The molecule has 5 heteroatoms. The number of fused-ring (bicyclic) bond motifs is 1. The normalized spacial score (nSPS) is 10.9. The number of amides is 1. The van der Waals surface area contributed by atoms with Crippen LogP contribution in [0.4, 0.5) is 10.7 Å². The van der Waals surface area contributed by atoms with Gasteiger partial charge in [0.05, 0.1) is 5.00 Å². The van der Waals surface area contributed by atoms with E-state index in [1.165, 1.54) is 0 Å². The quantitative estimate of drug-likeness (QED) is 0.758. The number of aromatic nitrogens is 1. The highest BCUT2D eigenvalue weighted by molar-refractivity contribution is 7.22. The number of hydrogen-bond acceptors (Lipinski definition) is 3. The SMILES string of the molecule is Cc1cc(C(=O)Nc2ccc3sc(N)cc3c2)n(C)c1. The van der Waals surface area contributed by atoms with Crippen molar-refractivity contribution in [2.75, 3.05) is 11.1 Å². The molecule has 0 spiro atoms. The van der Waals surface area contributed by atoms with E-state index in [0.29, 0.717) is 5.69 Å². The number of anilines is 2. The van der Waals surface area contributed by atoms with Crippen LogP contribution in [0.5, 0.6) is 0 Å². The second-order valence-electron chi connectivity index (χ2n) is 4.87. The topological polar surface area (TPSA) is 60.1 Å². The number of carbonyl (C=O) groups is 1. The molecule has 3 aromatic rings. The summed E-state index contributed by atoms with van der Waals surface area (Å²) < 4.78 is 2.95. The van der Waals surface area contributed by atoms with E-state index in [4.69, 9.17) is 5.73 Å². The Hall–Kier alpha value is -2.27. The van der Waals surface area contributed by atoms with E-state index in [0.717, 1.165) is 26.3 Å². The number of hydrogen-bond donors (Lipinski definition) is 2. The van der Waals surface area contributed by atoms with Gasteiger partial charge in [-0.1, -0.05) is 0 Å². The first-order valence-electron chi connectivity index (χ1n) is 6.26. The highest BCUT2D eigenvalue weighted by atomic mass is 32.1. The van der Waals surface area contributed by atoms with E-state index in [-0.39, 0.29) is 5.91 Å². The molecule has 102 valence electrons. The highest BCUT2D eigenvalue weighted by Crippen LogP contribution is 2.29. The first kappa shape index (κ1) is 12.7. The first-order valence-corrected chi connectivity index (χ1v) is 7.08. The van der Waals surface area contributed by atoms with E-state index < -0.39 is 0 Å². The average molecular weight is 285 g/mol. The van der Waals surface area contributed by atoms with E-state index >= 15 is 0 Å². The van der Waals surface area contributed by atoms with Crippen LogP contribution < -0.4 is 11.1 Å². The molecule has 1 amide bonds. The number of rotatable bonds is 2. The summed E-state index contributed by atoms with van der Waals surface area (Å²) >= 11 is 1.54. The zero-order chi connectivity index (χ0) is 14.3. The summed E-state index contributed by atoms with van der Waals surface area (Å²) in [5.74, 6) is -0.108. The van der Waals surface area contributed by atoms with Crippen LogP contribution >= 0.6 is 11.3 Å². The summed E-state index contributed by atoms with van der Waals surface area (Å²) in [7, 11) is 1.87. The Balaban J connectivity index is 1.88. The predicted octanol–water partition coefficient (Wildman–Crippen LogP) is 3.38. The van der Waals surface area contributed by atoms with Gasteiger partial charge in [0.15, 0.2) is 0 Å². The summed E-state index contributed by atoms with van der Waals surface area (Å²) in [4.78, 5) is 12.2. The van der Waals surface area contributed by atoms with Gasteiger partial charge in [-0.15, -0.1) is 11.3 Å². The Kier molecular flexibility index (Phi) is 2.99. The lowest BCUT2D eigenvalue weighted by atomic mass is 10.2. The molecule has 2 heterocycles.